The zero-order valence-electron chi connectivity index (χ0n) is 15.0. The van der Waals surface area contributed by atoms with Gasteiger partial charge in [0.15, 0.2) is 0 Å². The van der Waals surface area contributed by atoms with Crippen LogP contribution in [0.15, 0.2) is 64.2 Å². The highest BCUT2D eigenvalue weighted by atomic mass is 79.9. The lowest BCUT2D eigenvalue weighted by Gasteiger charge is -2.09. The fourth-order valence-electron chi connectivity index (χ4n) is 2.93. The first kappa shape index (κ1) is 19.4. The van der Waals surface area contributed by atoms with Crippen molar-refractivity contribution >= 4 is 39.7 Å². The zero-order valence-corrected chi connectivity index (χ0v) is 17.4. The molecule has 4 nitrogen and oxygen atoms in total. The molecule has 0 saturated heterocycles. The third kappa shape index (κ3) is 4.87. The molecule has 0 aliphatic carbocycles. The van der Waals surface area contributed by atoms with Crippen LogP contribution in [0.25, 0.3) is 5.69 Å². The van der Waals surface area contributed by atoms with Crippen molar-refractivity contribution < 1.29 is 4.79 Å². The molecule has 0 saturated carbocycles. The van der Waals surface area contributed by atoms with E-state index in [1.807, 2.05) is 68.4 Å². The standard InChI is InChI=1S/C21H19BrClN3O/c1-14-10-17(15(2)26(14)20-5-3-4-19(23)12-20)13-24-25-21(27)11-16-6-8-18(22)9-7-16/h3-10,12-13H,11H2,1-2H3,(H,25,27)/b24-13-. The summed E-state index contributed by atoms with van der Waals surface area (Å²) >= 11 is 9.49. The Hall–Kier alpha value is -2.37. The van der Waals surface area contributed by atoms with E-state index < -0.39 is 0 Å². The molecule has 0 aliphatic rings. The highest BCUT2D eigenvalue weighted by Gasteiger charge is 2.10. The minimum absolute atomic E-state index is 0.155. The first-order chi connectivity index (χ1) is 12.9. The van der Waals surface area contributed by atoms with Crippen molar-refractivity contribution in [3.8, 4) is 5.69 Å². The van der Waals surface area contributed by atoms with Crippen molar-refractivity contribution in [2.45, 2.75) is 20.3 Å². The summed E-state index contributed by atoms with van der Waals surface area (Å²) in [7, 11) is 0. The van der Waals surface area contributed by atoms with Crippen LogP contribution in [0, 0.1) is 13.8 Å². The Morgan fingerprint density at radius 1 is 1.19 bits per heavy atom. The normalized spacial score (nSPS) is 11.1. The second kappa shape index (κ2) is 8.55. The van der Waals surface area contributed by atoms with Crippen LogP contribution in [0.5, 0.6) is 0 Å². The highest BCUT2D eigenvalue weighted by molar-refractivity contribution is 9.10. The van der Waals surface area contributed by atoms with Gasteiger partial charge in [0.25, 0.3) is 0 Å². The number of nitrogens with one attached hydrogen (secondary N) is 1. The molecular formula is C21H19BrClN3O. The molecule has 1 amide bonds. The van der Waals surface area contributed by atoms with Gasteiger partial charge in [-0.05, 0) is 55.8 Å². The van der Waals surface area contributed by atoms with E-state index >= 15 is 0 Å². The molecule has 0 atom stereocenters. The number of rotatable bonds is 5. The molecule has 6 heteroatoms. The van der Waals surface area contributed by atoms with E-state index in [0.29, 0.717) is 5.02 Å². The van der Waals surface area contributed by atoms with Crippen LogP contribution in [-0.4, -0.2) is 16.7 Å². The monoisotopic (exact) mass is 443 g/mol. The summed E-state index contributed by atoms with van der Waals surface area (Å²) in [6, 6.07) is 17.4. The summed E-state index contributed by atoms with van der Waals surface area (Å²) in [4.78, 5) is 12.0. The Labute approximate surface area is 172 Å². The lowest BCUT2D eigenvalue weighted by atomic mass is 10.1. The molecule has 0 aliphatic heterocycles. The van der Waals surface area contributed by atoms with Gasteiger partial charge in [-0.3, -0.25) is 4.79 Å². The summed E-state index contributed by atoms with van der Waals surface area (Å²) in [5, 5.41) is 4.80. The largest absolute Gasteiger partial charge is 0.318 e. The van der Waals surface area contributed by atoms with Gasteiger partial charge in [0.05, 0.1) is 12.6 Å². The topological polar surface area (TPSA) is 46.4 Å². The summed E-state index contributed by atoms with van der Waals surface area (Å²) < 4.78 is 3.09. The lowest BCUT2D eigenvalue weighted by Crippen LogP contribution is -2.19. The molecule has 3 rings (SSSR count). The van der Waals surface area contributed by atoms with Gasteiger partial charge >= 0.3 is 0 Å². The number of nitrogens with zero attached hydrogens (tertiary/aromatic N) is 2. The number of aryl methyl sites for hydroxylation is 1. The number of aromatic nitrogens is 1. The maximum Gasteiger partial charge on any atom is 0.244 e. The van der Waals surface area contributed by atoms with E-state index in [-0.39, 0.29) is 12.3 Å². The van der Waals surface area contributed by atoms with Crippen LogP contribution >= 0.6 is 27.5 Å². The number of hydrazone groups is 1. The molecule has 1 heterocycles. The Balaban J connectivity index is 1.69. The van der Waals surface area contributed by atoms with Gasteiger partial charge in [-0.25, -0.2) is 5.43 Å². The first-order valence-corrected chi connectivity index (χ1v) is 9.62. The average molecular weight is 445 g/mol. The Kier molecular flexibility index (Phi) is 6.14. The summed E-state index contributed by atoms with van der Waals surface area (Å²) in [6.45, 7) is 4.04. The van der Waals surface area contributed by atoms with E-state index in [4.69, 9.17) is 11.6 Å². The summed E-state index contributed by atoms with van der Waals surface area (Å²) in [5.74, 6) is -0.155. The minimum atomic E-state index is -0.155. The van der Waals surface area contributed by atoms with E-state index in [0.717, 1.165) is 32.7 Å². The van der Waals surface area contributed by atoms with Crippen LogP contribution < -0.4 is 5.43 Å². The SMILES string of the molecule is Cc1cc(/C=N\NC(=O)Cc2ccc(Br)cc2)c(C)n1-c1cccc(Cl)c1. The molecule has 0 radical (unpaired) electrons. The molecule has 0 bridgehead atoms. The molecule has 1 aromatic heterocycles. The van der Waals surface area contributed by atoms with Crippen LogP contribution in [0.2, 0.25) is 5.02 Å². The molecule has 3 aromatic rings. The molecule has 2 aromatic carbocycles. The zero-order chi connectivity index (χ0) is 19.4. The number of carbonyl (C=O) groups is 1. The van der Waals surface area contributed by atoms with Crippen LogP contribution in [0.1, 0.15) is 22.5 Å². The third-order valence-electron chi connectivity index (χ3n) is 4.21. The van der Waals surface area contributed by atoms with E-state index in [1.54, 1.807) is 6.21 Å². The number of carbonyl (C=O) groups excluding carboxylic acids is 1. The molecular weight excluding hydrogens is 426 g/mol. The Bertz CT molecular complexity index is 993. The molecule has 27 heavy (non-hydrogen) atoms. The maximum atomic E-state index is 12.0. The lowest BCUT2D eigenvalue weighted by molar-refractivity contribution is -0.120. The quantitative estimate of drug-likeness (QED) is 0.426. The number of hydrogen-bond acceptors (Lipinski definition) is 2. The molecule has 0 spiro atoms. The van der Waals surface area contributed by atoms with Gasteiger partial charge in [0, 0.05) is 32.1 Å². The summed E-state index contributed by atoms with van der Waals surface area (Å²) in [6.07, 6.45) is 1.95. The van der Waals surface area contributed by atoms with Gasteiger partial charge < -0.3 is 4.57 Å². The fraction of sp³-hybridized carbons (Fsp3) is 0.143. The molecule has 1 N–H and O–H groups in total. The minimum Gasteiger partial charge on any atom is -0.318 e. The third-order valence-corrected chi connectivity index (χ3v) is 4.97. The molecule has 138 valence electrons. The van der Waals surface area contributed by atoms with Crippen molar-refractivity contribution in [2.75, 3.05) is 0 Å². The number of halogens is 2. The van der Waals surface area contributed by atoms with Crippen molar-refractivity contribution in [1.29, 1.82) is 0 Å². The predicted octanol–water partition coefficient (Wildman–Crippen LogP) is 5.20. The van der Waals surface area contributed by atoms with Gasteiger partial charge in [-0.15, -0.1) is 0 Å². The second-order valence-electron chi connectivity index (χ2n) is 6.24. The van der Waals surface area contributed by atoms with Crippen LogP contribution in [0.3, 0.4) is 0 Å². The van der Waals surface area contributed by atoms with Gasteiger partial charge in [0.1, 0.15) is 0 Å². The van der Waals surface area contributed by atoms with Crippen LogP contribution in [0.4, 0.5) is 0 Å². The van der Waals surface area contributed by atoms with Gasteiger partial charge in [-0.1, -0.05) is 45.7 Å². The number of benzene rings is 2. The highest BCUT2D eigenvalue weighted by Crippen LogP contribution is 2.22. The maximum absolute atomic E-state index is 12.0. The average Bonchev–Trinajstić information content (AvgIpc) is 2.91. The second-order valence-corrected chi connectivity index (χ2v) is 7.59. The fourth-order valence-corrected chi connectivity index (χ4v) is 3.38. The van der Waals surface area contributed by atoms with Gasteiger partial charge in [0.2, 0.25) is 5.91 Å². The molecule has 0 fully saturated rings. The van der Waals surface area contributed by atoms with Crippen molar-refractivity contribution in [3.05, 3.63) is 86.6 Å². The van der Waals surface area contributed by atoms with E-state index in [1.165, 1.54) is 0 Å². The Morgan fingerprint density at radius 2 is 1.93 bits per heavy atom. The Morgan fingerprint density at radius 3 is 2.63 bits per heavy atom. The number of amides is 1. The predicted molar refractivity (Wildman–Crippen MR) is 114 cm³/mol. The summed E-state index contributed by atoms with van der Waals surface area (Å²) in [5.41, 5.74) is 7.56. The van der Waals surface area contributed by atoms with Crippen molar-refractivity contribution in [2.24, 2.45) is 5.10 Å². The molecule has 0 unspecified atom stereocenters. The van der Waals surface area contributed by atoms with Crippen LogP contribution in [-0.2, 0) is 11.2 Å². The van der Waals surface area contributed by atoms with Crippen molar-refractivity contribution in [1.82, 2.24) is 9.99 Å². The van der Waals surface area contributed by atoms with Gasteiger partial charge in [-0.2, -0.15) is 5.10 Å². The smallest absolute Gasteiger partial charge is 0.244 e. The first-order valence-electron chi connectivity index (χ1n) is 8.45. The van der Waals surface area contributed by atoms with Crippen molar-refractivity contribution in [3.63, 3.8) is 0 Å². The van der Waals surface area contributed by atoms with E-state index in [9.17, 15) is 4.79 Å². The van der Waals surface area contributed by atoms with E-state index in [2.05, 4.69) is 31.0 Å². The number of hydrogen-bond donors (Lipinski definition) is 1.